The predicted octanol–water partition coefficient (Wildman–Crippen LogP) is 8.13. The van der Waals surface area contributed by atoms with Crippen LogP contribution >= 0.6 is 0 Å². The van der Waals surface area contributed by atoms with E-state index in [-0.39, 0.29) is 22.3 Å². The first-order valence-electron chi connectivity index (χ1n) is 14.7. The topological polar surface area (TPSA) is 37.3 Å². The van der Waals surface area contributed by atoms with Crippen molar-refractivity contribution in [2.45, 2.75) is 132 Å². The minimum Gasteiger partial charge on any atom is -0.393 e. The van der Waals surface area contributed by atoms with Gasteiger partial charge in [-0.1, -0.05) is 67.4 Å². The summed E-state index contributed by atoms with van der Waals surface area (Å²) in [5.41, 5.74) is 3.99. The zero-order chi connectivity index (χ0) is 24.9. The first-order valence-corrected chi connectivity index (χ1v) is 14.7. The van der Waals surface area contributed by atoms with Gasteiger partial charge in [0.15, 0.2) is 5.78 Å². The molecule has 2 nitrogen and oxygen atoms in total. The van der Waals surface area contributed by atoms with Gasteiger partial charge in [-0.2, -0.15) is 0 Å². The van der Waals surface area contributed by atoms with Crippen LogP contribution in [0.15, 0.2) is 11.1 Å². The lowest BCUT2D eigenvalue weighted by Gasteiger charge is -2.72. The molecule has 34 heavy (non-hydrogen) atoms. The number of Topliss-reactive ketones (excluding diaryl/α,β-unsaturated/α-hetero) is 1. The third-order valence-corrected chi connectivity index (χ3v) is 13.3. The van der Waals surface area contributed by atoms with Crippen molar-refractivity contribution in [3.05, 3.63) is 11.1 Å². The third kappa shape index (κ3) is 2.93. The Morgan fingerprint density at radius 2 is 1.59 bits per heavy atom. The second-order valence-electron chi connectivity index (χ2n) is 15.1. The van der Waals surface area contributed by atoms with E-state index in [2.05, 4.69) is 55.4 Å². The van der Waals surface area contributed by atoms with Crippen LogP contribution in [0.4, 0.5) is 0 Å². The van der Waals surface area contributed by atoms with Gasteiger partial charge in [-0.05, 0) is 114 Å². The van der Waals surface area contributed by atoms with E-state index >= 15 is 0 Å². The summed E-state index contributed by atoms with van der Waals surface area (Å²) in [6.07, 6.45) is 12.8. The minimum absolute atomic E-state index is 0.0140. The van der Waals surface area contributed by atoms with E-state index in [9.17, 15) is 9.90 Å². The fourth-order valence-electron chi connectivity index (χ4n) is 11.5. The largest absolute Gasteiger partial charge is 0.393 e. The molecule has 0 aromatic rings. The number of hydrogen-bond acceptors (Lipinski definition) is 2. The van der Waals surface area contributed by atoms with E-state index in [4.69, 9.17) is 0 Å². The third-order valence-electron chi connectivity index (χ3n) is 13.3. The van der Waals surface area contributed by atoms with E-state index in [1.165, 1.54) is 63.4 Å². The molecule has 0 saturated heterocycles. The van der Waals surface area contributed by atoms with Crippen LogP contribution in [0.2, 0.25) is 0 Å². The molecule has 0 aromatic heterocycles. The summed E-state index contributed by atoms with van der Waals surface area (Å²) in [5.74, 6) is 2.76. The van der Waals surface area contributed by atoms with Gasteiger partial charge in [0, 0.05) is 6.42 Å². The van der Waals surface area contributed by atoms with Crippen molar-refractivity contribution < 1.29 is 9.90 Å². The molecular formula is C32H52O2. The van der Waals surface area contributed by atoms with E-state index in [0.717, 1.165) is 18.8 Å². The van der Waals surface area contributed by atoms with Crippen LogP contribution < -0.4 is 0 Å². The van der Waals surface area contributed by atoms with Gasteiger partial charge in [0.1, 0.15) is 0 Å². The first-order chi connectivity index (χ1) is 15.8. The summed E-state index contributed by atoms with van der Waals surface area (Å²) >= 11 is 0. The van der Waals surface area contributed by atoms with Crippen molar-refractivity contribution in [2.24, 2.45) is 50.7 Å². The summed E-state index contributed by atoms with van der Waals surface area (Å²) in [5, 5.41) is 10.9. The molecule has 1 N–H and O–H groups in total. The quantitative estimate of drug-likeness (QED) is 0.454. The molecule has 0 heterocycles. The van der Waals surface area contributed by atoms with Gasteiger partial charge >= 0.3 is 0 Å². The molecule has 0 aromatic carbocycles. The van der Waals surface area contributed by atoms with Crippen molar-refractivity contribution in [1.29, 1.82) is 0 Å². The first kappa shape index (κ1) is 25.0. The molecule has 4 saturated carbocycles. The average Bonchev–Trinajstić information content (AvgIpc) is 3.04. The van der Waals surface area contributed by atoms with Crippen LogP contribution in [0.5, 0.6) is 0 Å². The molecule has 2 heteroatoms. The zero-order valence-electron chi connectivity index (χ0n) is 23.5. The monoisotopic (exact) mass is 468 g/mol. The predicted molar refractivity (Wildman–Crippen MR) is 140 cm³/mol. The molecule has 5 rings (SSSR count). The van der Waals surface area contributed by atoms with Crippen LogP contribution in [0.1, 0.15) is 126 Å². The second kappa shape index (κ2) is 7.69. The van der Waals surface area contributed by atoms with E-state index in [1.807, 2.05) is 0 Å². The van der Waals surface area contributed by atoms with Crippen LogP contribution in [-0.4, -0.2) is 17.0 Å². The van der Waals surface area contributed by atoms with Crippen molar-refractivity contribution in [3.8, 4) is 0 Å². The lowest BCUT2D eigenvalue weighted by Crippen LogP contribution is -2.65. The molecule has 5 aliphatic carbocycles. The van der Waals surface area contributed by atoms with Crippen molar-refractivity contribution in [3.63, 3.8) is 0 Å². The Labute approximate surface area is 209 Å². The van der Waals surface area contributed by atoms with Crippen molar-refractivity contribution in [1.82, 2.24) is 0 Å². The summed E-state index contributed by atoms with van der Waals surface area (Å²) in [4.78, 5) is 13.5. The van der Waals surface area contributed by atoms with E-state index in [1.54, 1.807) is 5.57 Å². The Bertz CT molecular complexity index is 897. The number of rotatable bonds is 3. The van der Waals surface area contributed by atoms with Crippen LogP contribution in [-0.2, 0) is 4.79 Å². The fraction of sp³-hybridized carbons (Fsp3) is 0.906. The van der Waals surface area contributed by atoms with Crippen LogP contribution in [0, 0.1) is 50.7 Å². The van der Waals surface area contributed by atoms with Crippen molar-refractivity contribution >= 4 is 5.78 Å². The highest BCUT2D eigenvalue weighted by Crippen LogP contribution is 2.76. The average molecular weight is 469 g/mol. The Hall–Kier alpha value is -0.630. The summed E-state index contributed by atoms with van der Waals surface area (Å²) in [6.45, 7) is 19.5. The highest BCUT2D eigenvalue weighted by atomic mass is 16.3. The smallest absolute Gasteiger partial charge is 0.159 e. The summed E-state index contributed by atoms with van der Waals surface area (Å²) in [6, 6.07) is 0. The number of carbonyl (C=O) groups excluding carboxylic acids is 1. The molecule has 192 valence electrons. The number of hydrogen-bond donors (Lipinski definition) is 1. The highest BCUT2D eigenvalue weighted by molar-refractivity contribution is 6.00. The van der Waals surface area contributed by atoms with Gasteiger partial charge in [-0.15, -0.1) is 0 Å². The van der Waals surface area contributed by atoms with Gasteiger partial charge in [0.05, 0.1) is 6.10 Å². The number of ketones is 1. The Balaban J connectivity index is 1.60. The standard InChI is InChI=1S/C32H52O2/c1-9-14-32-18-17-30(7)21(27(32)26(20(2)3)22(33)19-32)10-11-24-29(6)15-13-25(34)28(4,5)23(29)12-16-31(24,30)8/h20-21,23-25,34H,9-19H2,1-8H3/t21-,23+,24-,25+,29+,30-,31-,32+/m1/s1. The van der Waals surface area contributed by atoms with Crippen LogP contribution in [0.25, 0.3) is 0 Å². The Morgan fingerprint density at radius 1 is 0.882 bits per heavy atom. The summed E-state index contributed by atoms with van der Waals surface area (Å²) in [7, 11) is 0. The van der Waals surface area contributed by atoms with Crippen LogP contribution in [0.3, 0.4) is 0 Å². The maximum atomic E-state index is 13.5. The molecular weight excluding hydrogens is 416 g/mol. The molecule has 8 atom stereocenters. The maximum absolute atomic E-state index is 13.5. The number of fused-ring (bicyclic) bond motifs is 7. The van der Waals surface area contributed by atoms with Crippen molar-refractivity contribution in [2.75, 3.05) is 0 Å². The Kier molecular flexibility index (Phi) is 5.66. The molecule has 0 bridgehead atoms. The molecule has 5 aliphatic rings. The van der Waals surface area contributed by atoms with E-state index < -0.39 is 0 Å². The van der Waals surface area contributed by atoms with Gasteiger partial charge in [-0.3, -0.25) is 4.79 Å². The van der Waals surface area contributed by atoms with Gasteiger partial charge < -0.3 is 5.11 Å². The minimum atomic E-state index is -0.158. The molecule has 0 spiro atoms. The fourth-order valence-corrected chi connectivity index (χ4v) is 11.5. The number of aliphatic hydroxyl groups is 1. The lowest BCUT2D eigenvalue weighted by atomic mass is 9.33. The number of allylic oxidation sites excluding steroid dienone is 2. The highest BCUT2D eigenvalue weighted by Gasteiger charge is 2.69. The lowest BCUT2D eigenvalue weighted by molar-refractivity contribution is -0.228. The SMILES string of the molecule is CCC[C@@]12CC[C@]3(C)[C@H](CC[C@@H]4[C@@]5(C)CC[C@H](O)C(C)(C)[C@@H]5CC[C@]43C)C1=C(C(C)C)C(=O)C2. The second-order valence-corrected chi connectivity index (χ2v) is 15.1. The molecule has 0 radical (unpaired) electrons. The molecule has 0 aliphatic heterocycles. The molecule has 4 fully saturated rings. The molecule has 0 amide bonds. The van der Waals surface area contributed by atoms with Gasteiger partial charge in [-0.25, -0.2) is 0 Å². The number of carbonyl (C=O) groups is 1. The van der Waals surface area contributed by atoms with Gasteiger partial charge in [0.25, 0.3) is 0 Å². The number of aliphatic hydroxyl groups excluding tert-OH is 1. The summed E-state index contributed by atoms with van der Waals surface area (Å²) < 4.78 is 0. The molecule has 0 unspecified atom stereocenters. The normalized spacial score (nSPS) is 50.0. The zero-order valence-corrected chi connectivity index (χ0v) is 23.5. The Morgan fingerprint density at radius 3 is 2.24 bits per heavy atom. The van der Waals surface area contributed by atoms with E-state index in [0.29, 0.717) is 34.4 Å². The van der Waals surface area contributed by atoms with Gasteiger partial charge in [0.2, 0.25) is 0 Å². The maximum Gasteiger partial charge on any atom is 0.159 e.